The Morgan fingerprint density at radius 1 is 1.47 bits per heavy atom. The quantitative estimate of drug-likeness (QED) is 0.498. The highest BCUT2D eigenvalue weighted by Crippen LogP contribution is 2.44. The number of alkyl halides is 1. The number of fused-ring (bicyclic) bond motifs is 2. The van der Waals surface area contributed by atoms with Gasteiger partial charge in [-0.1, -0.05) is 19.1 Å². The van der Waals surface area contributed by atoms with Gasteiger partial charge in [0.2, 0.25) is 0 Å². The minimum Gasteiger partial charge on any atom is -0.444 e. The Balaban J connectivity index is 1.45. The second-order valence-electron chi connectivity index (χ2n) is 8.18. The summed E-state index contributed by atoms with van der Waals surface area (Å²) < 4.78 is 20.5. The van der Waals surface area contributed by atoms with E-state index in [4.69, 9.17) is 11.5 Å². The van der Waals surface area contributed by atoms with Crippen molar-refractivity contribution in [1.82, 2.24) is 15.5 Å². The van der Waals surface area contributed by atoms with Gasteiger partial charge in [-0.3, -0.25) is 4.90 Å². The standard InChI is InChI=1S/C23H28FN4O2/c1-4-22-21-8-16-7-18(19(24)9-20(16)28(21)23(29)30-22)15-5-6-17(27-12-15)13-26-11-14(2)10-25-3/h3,5-7,10,19,21-22,26-27H,4,8-9,11-13H2,1-2H3/q+1/b14-10+. The van der Waals surface area contributed by atoms with E-state index in [1.54, 1.807) is 11.1 Å². The molecule has 0 aromatic heterocycles. The number of ether oxygens (including phenoxy) is 1. The summed E-state index contributed by atoms with van der Waals surface area (Å²) in [5.41, 5.74) is 5.65. The first-order valence-corrected chi connectivity index (χ1v) is 10.5. The van der Waals surface area contributed by atoms with Crippen LogP contribution in [0.4, 0.5) is 9.18 Å². The van der Waals surface area contributed by atoms with E-state index in [1.165, 1.54) is 0 Å². The molecule has 1 aliphatic carbocycles. The van der Waals surface area contributed by atoms with Crippen LogP contribution in [0.1, 0.15) is 33.1 Å². The number of aliphatic imine (C=N–C) groups is 1. The fraction of sp³-hybridized carbons (Fsp3) is 0.478. The molecule has 0 aromatic carbocycles. The van der Waals surface area contributed by atoms with Crippen LogP contribution in [0.5, 0.6) is 0 Å². The molecule has 0 radical (unpaired) electrons. The van der Waals surface area contributed by atoms with E-state index in [0.717, 1.165) is 46.5 Å². The number of dihydropyridines is 1. The number of hydrogen-bond donors (Lipinski definition) is 2. The molecule has 1 amide bonds. The van der Waals surface area contributed by atoms with Crippen LogP contribution in [0.25, 0.3) is 0 Å². The topological polar surface area (TPSA) is 66.0 Å². The van der Waals surface area contributed by atoms with Crippen LogP contribution in [-0.2, 0) is 4.74 Å². The van der Waals surface area contributed by atoms with Gasteiger partial charge in [0.15, 0.2) is 12.9 Å². The van der Waals surface area contributed by atoms with Gasteiger partial charge in [0.25, 0.3) is 0 Å². The second kappa shape index (κ2) is 8.54. The average Bonchev–Trinajstić information content (AvgIpc) is 3.25. The molecule has 3 unspecified atom stereocenters. The molecule has 1 fully saturated rings. The molecule has 0 spiro atoms. The van der Waals surface area contributed by atoms with Gasteiger partial charge in [-0.15, -0.1) is 0 Å². The van der Waals surface area contributed by atoms with Crippen molar-refractivity contribution in [1.29, 1.82) is 0 Å². The highest BCUT2D eigenvalue weighted by Gasteiger charge is 2.49. The maximum atomic E-state index is 15.1. The summed E-state index contributed by atoms with van der Waals surface area (Å²) in [6.07, 6.45) is 7.76. The molecular weight excluding hydrogens is 383 g/mol. The fourth-order valence-electron chi connectivity index (χ4n) is 4.59. The molecule has 6 nitrogen and oxygen atoms in total. The highest BCUT2D eigenvalue weighted by molar-refractivity contribution is 5.75. The van der Waals surface area contributed by atoms with Crippen LogP contribution in [0.3, 0.4) is 0 Å². The number of nitrogens with one attached hydrogen (secondary N) is 2. The monoisotopic (exact) mass is 411 g/mol. The Kier molecular flexibility index (Phi) is 5.84. The predicted octanol–water partition coefficient (Wildman–Crippen LogP) is 3.40. The summed E-state index contributed by atoms with van der Waals surface area (Å²) in [4.78, 5) is 17.4. The Morgan fingerprint density at radius 2 is 2.30 bits per heavy atom. The Bertz CT molecular complexity index is 899. The van der Waals surface area contributed by atoms with Crippen molar-refractivity contribution in [2.75, 3.05) is 19.6 Å². The molecule has 2 N–H and O–H groups in total. The van der Waals surface area contributed by atoms with E-state index < -0.39 is 6.17 Å². The summed E-state index contributed by atoms with van der Waals surface area (Å²) in [6, 6.07) is 0.0101. The van der Waals surface area contributed by atoms with Crippen molar-refractivity contribution in [3.8, 4) is 0 Å². The van der Waals surface area contributed by atoms with Gasteiger partial charge in [0.1, 0.15) is 12.3 Å². The predicted molar refractivity (Wildman–Crippen MR) is 115 cm³/mol. The summed E-state index contributed by atoms with van der Waals surface area (Å²) in [6.45, 7) is 11.1. The fourth-order valence-corrected chi connectivity index (χ4v) is 4.59. The number of amides is 1. The molecule has 0 aromatic rings. The lowest BCUT2D eigenvalue weighted by molar-refractivity contribution is 0.127. The lowest BCUT2D eigenvalue weighted by Gasteiger charge is -2.26. The van der Waals surface area contributed by atoms with Gasteiger partial charge >= 0.3 is 6.09 Å². The number of rotatable bonds is 7. The molecule has 158 valence electrons. The van der Waals surface area contributed by atoms with Crippen LogP contribution in [0, 0.1) is 0 Å². The smallest absolute Gasteiger partial charge is 0.414 e. The van der Waals surface area contributed by atoms with E-state index in [0.29, 0.717) is 19.6 Å². The zero-order valence-electron chi connectivity index (χ0n) is 17.5. The molecule has 4 aliphatic rings. The Labute approximate surface area is 176 Å². The van der Waals surface area contributed by atoms with Crippen LogP contribution in [0.2, 0.25) is 0 Å². The van der Waals surface area contributed by atoms with Crippen molar-refractivity contribution in [2.24, 2.45) is 4.99 Å². The first-order chi connectivity index (χ1) is 14.5. The Morgan fingerprint density at radius 3 is 3.00 bits per heavy atom. The minimum atomic E-state index is -1.12. The van der Waals surface area contributed by atoms with E-state index in [2.05, 4.69) is 15.6 Å². The Hall–Kier alpha value is -2.76. The number of hydrogen-bond acceptors (Lipinski definition) is 5. The molecule has 3 heterocycles. The van der Waals surface area contributed by atoms with Crippen LogP contribution < -0.4 is 10.6 Å². The molecule has 0 bridgehead atoms. The van der Waals surface area contributed by atoms with Crippen molar-refractivity contribution < 1.29 is 13.9 Å². The highest BCUT2D eigenvalue weighted by atomic mass is 19.1. The maximum absolute atomic E-state index is 15.1. The largest absolute Gasteiger partial charge is 0.444 e. The molecule has 3 atom stereocenters. The lowest BCUT2D eigenvalue weighted by atomic mass is 9.88. The van der Waals surface area contributed by atoms with Crippen molar-refractivity contribution in [3.63, 3.8) is 0 Å². The number of allylic oxidation sites excluding steroid dienone is 4. The minimum absolute atomic E-state index is 0.0101. The molecule has 3 aliphatic heterocycles. The zero-order valence-corrected chi connectivity index (χ0v) is 17.5. The van der Waals surface area contributed by atoms with Gasteiger partial charge in [-0.05, 0) is 47.6 Å². The van der Waals surface area contributed by atoms with E-state index in [9.17, 15) is 4.79 Å². The number of cyclic esters (lactones) is 1. The number of halogens is 1. The van der Waals surface area contributed by atoms with Gasteiger partial charge in [-0.25, -0.2) is 9.18 Å². The van der Waals surface area contributed by atoms with E-state index in [-0.39, 0.29) is 24.7 Å². The van der Waals surface area contributed by atoms with Crippen LogP contribution in [-0.4, -0.2) is 55.7 Å². The maximum Gasteiger partial charge on any atom is 0.414 e. The van der Waals surface area contributed by atoms with E-state index >= 15 is 4.39 Å². The second-order valence-corrected chi connectivity index (χ2v) is 8.18. The normalized spacial score (nSPS) is 28.3. The molecule has 30 heavy (non-hydrogen) atoms. The molecule has 4 rings (SSSR count). The van der Waals surface area contributed by atoms with Crippen molar-refractivity contribution >= 4 is 12.8 Å². The van der Waals surface area contributed by atoms with Gasteiger partial charge < -0.3 is 15.4 Å². The third-order valence-electron chi connectivity index (χ3n) is 6.12. The van der Waals surface area contributed by atoms with Gasteiger partial charge in [0, 0.05) is 43.0 Å². The SMILES string of the molecule is [CH+]=N/C=C(\C)CNCC1=CC=C(C2=CC3=C(CC2F)N2C(=O)OC(CC)C2C3)CN1. The molecular formula is C23H28FN4O2+. The first kappa shape index (κ1) is 20.5. The summed E-state index contributed by atoms with van der Waals surface area (Å²) in [5, 5.41) is 6.69. The van der Waals surface area contributed by atoms with E-state index in [1.807, 2.05) is 32.1 Å². The first-order valence-electron chi connectivity index (χ1n) is 10.5. The van der Waals surface area contributed by atoms with Crippen LogP contribution >= 0.6 is 0 Å². The number of carbonyl (C=O) groups excluding carboxylic acids is 1. The van der Waals surface area contributed by atoms with Crippen molar-refractivity contribution in [3.05, 3.63) is 58.1 Å². The molecule has 7 heteroatoms. The van der Waals surface area contributed by atoms with Gasteiger partial charge in [-0.2, -0.15) is 0 Å². The number of nitrogens with zero attached hydrogens (tertiary/aromatic N) is 2. The van der Waals surface area contributed by atoms with Crippen LogP contribution in [0.15, 0.2) is 63.1 Å². The third-order valence-corrected chi connectivity index (χ3v) is 6.12. The number of carbonyl (C=O) groups is 1. The van der Waals surface area contributed by atoms with Crippen molar-refractivity contribution in [2.45, 2.75) is 51.4 Å². The summed E-state index contributed by atoms with van der Waals surface area (Å²) >= 11 is 0. The van der Waals surface area contributed by atoms with Gasteiger partial charge in [0.05, 0.1) is 6.04 Å². The zero-order chi connectivity index (χ0) is 21.3. The lowest BCUT2D eigenvalue weighted by Crippen LogP contribution is -2.33. The molecule has 1 saturated heterocycles. The average molecular weight is 412 g/mol. The third kappa shape index (κ3) is 3.83. The molecule has 0 saturated carbocycles. The summed E-state index contributed by atoms with van der Waals surface area (Å²) in [7, 11) is 0. The summed E-state index contributed by atoms with van der Waals surface area (Å²) in [5.74, 6) is 0.